The first-order chi connectivity index (χ1) is 10.8. The number of H-pyrrole nitrogens is 1. The van der Waals surface area contributed by atoms with Gasteiger partial charge in [-0.3, -0.25) is 10.1 Å². The zero-order valence-electron chi connectivity index (χ0n) is 11.4. The summed E-state index contributed by atoms with van der Waals surface area (Å²) in [5.74, 6) is 0.353. The zero-order chi connectivity index (χ0) is 14.9. The molecule has 0 unspecified atom stereocenters. The van der Waals surface area contributed by atoms with E-state index in [2.05, 4.69) is 25.1 Å². The molecule has 1 N–H and O–H groups in total. The summed E-state index contributed by atoms with van der Waals surface area (Å²) in [5.41, 5.74) is 2.97. The third-order valence-electron chi connectivity index (χ3n) is 3.41. The highest BCUT2D eigenvalue weighted by atomic mass is 19.1. The van der Waals surface area contributed by atoms with E-state index in [1.54, 1.807) is 18.5 Å². The first-order valence-electron chi connectivity index (χ1n) is 6.68. The predicted octanol–water partition coefficient (Wildman–Crippen LogP) is 3.22. The molecule has 0 amide bonds. The van der Waals surface area contributed by atoms with E-state index in [9.17, 15) is 4.39 Å². The van der Waals surface area contributed by atoms with Crippen LogP contribution in [0.1, 0.15) is 0 Å². The van der Waals surface area contributed by atoms with Gasteiger partial charge >= 0.3 is 0 Å². The SMILES string of the molecule is Fc1cccc(-c2ccc3c(-c4ncn[nH]4)cncc3n2)c1. The summed E-state index contributed by atoms with van der Waals surface area (Å²) in [4.78, 5) is 12.9. The minimum absolute atomic E-state index is 0.284. The van der Waals surface area contributed by atoms with Crippen LogP contribution in [-0.4, -0.2) is 25.1 Å². The van der Waals surface area contributed by atoms with Crippen molar-refractivity contribution in [2.24, 2.45) is 0 Å². The number of pyridine rings is 2. The molecule has 22 heavy (non-hydrogen) atoms. The van der Waals surface area contributed by atoms with Crippen molar-refractivity contribution in [3.8, 4) is 22.6 Å². The van der Waals surface area contributed by atoms with E-state index in [-0.39, 0.29) is 5.82 Å². The molecule has 4 aromatic rings. The second-order valence-corrected chi connectivity index (χ2v) is 4.79. The Balaban J connectivity index is 1.89. The topological polar surface area (TPSA) is 67.3 Å². The number of rotatable bonds is 2. The van der Waals surface area contributed by atoms with Gasteiger partial charge in [-0.2, -0.15) is 5.10 Å². The molecule has 4 rings (SSSR count). The van der Waals surface area contributed by atoms with Crippen LogP contribution >= 0.6 is 0 Å². The molecule has 0 saturated carbocycles. The largest absolute Gasteiger partial charge is 0.262 e. The number of aromatic amines is 1. The zero-order valence-corrected chi connectivity index (χ0v) is 11.4. The van der Waals surface area contributed by atoms with Crippen LogP contribution in [0.25, 0.3) is 33.5 Å². The molecule has 0 saturated heterocycles. The number of hydrogen-bond acceptors (Lipinski definition) is 4. The summed E-state index contributed by atoms with van der Waals surface area (Å²) in [6, 6.07) is 10.2. The molecule has 6 heteroatoms. The van der Waals surface area contributed by atoms with Crippen LogP contribution < -0.4 is 0 Å². The van der Waals surface area contributed by atoms with Gasteiger partial charge in [0.25, 0.3) is 0 Å². The van der Waals surface area contributed by atoms with Crippen LogP contribution in [0, 0.1) is 5.82 Å². The Morgan fingerprint density at radius 2 is 2.00 bits per heavy atom. The number of aromatic nitrogens is 5. The number of hydrogen-bond donors (Lipinski definition) is 1. The molecule has 0 atom stereocenters. The molecule has 0 aliphatic rings. The lowest BCUT2D eigenvalue weighted by molar-refractivity contribution is 0.628. The predicted molar refractivity (Wildman–Crippen MR) is 80.3 cm³/mol. The van der Waals surface area contributed by atoms with E-state index in [1.807, 2.05) is 18.2 Å². The molecule has 3 aromatic heterocycles. The lowest BCUT2D eigenvalue weighted by Gasteiger charge is -2.06. The number of benzene rings is 1. The van der Waals surface area contributed by atoms with Crippen LogP contribution in [-0.2, 0) is 0 Å². The Labute approximate surface area is 124 Å². The first kappa shape index (κ1) is 12.6. The van der Waals surface area contributed by atoms with Gasteiger partial charge in [-0.15, -0.1) is 0 Å². The average molecular weight is 291 g/mol. The second kappa shape index (κ2) is 5.00. The van der Waals surface area contributed by atoms with E-state index in [1.165, 1.54) is 18.5 Å². The molecule has 3 heterocycles. The molecule has 5 nitrogen and oxygen atoms in total. The molecule has 0 aliphatic carbocycles. The van der Waals surface area contributed by atoms with E-state index < -0.39 is 0 Å². The monoisotopic (exact) mass is 291 g/mol. The van der Waals surface area contributed by atoms with Crippen LogP contribution in [0.15, 0.2) is 55.1 Å². The van der Waals surface area contributed by atoms with Crippen molar-refractivity contribution in [3.63, 3.8) is 0 Å². The number of nitrogens with zero attached hydrogens (tertiary/aromatic N) is 4. The standard InChI is InChI=1S/C16H10FN5/c17-11-3-1-2-10(6-11)14-5-4-12-13(16-19-9-20-22-16)7-18-8-15(12)21-14/h1-9H,(H,19,20,22). The minimum atomic E-state index is -0.284. The van der Waals surface area contributed by atoms with E-state index in [0.29, 0.717) is 11.5 Å². The van der Waals surface area contributed by atoms with Gasteiger partial charge in [0.05, 0.1) is 17.4 Å². The number of halogens is 1. The van der Waals surface area contributed by atoms with Gasteiger partial charge < -0.3 is 0 Å². The smallest absolute Gasteiger partial charge is 0.157 e. The number of nitrogens with one attached hydrogen (secondary N) is 1. The summed E-state index contributed by atoms with van der Waals surface area (Å²) in [6.07, 6.45) is 4.84. The van der Waals surface area contributed by atoms with E-state index >= 15 is 0 Å². The third-order valence-corrected chi connectivity index (χ3v) is 3.41. The first-order valence-corrected chi connectivity index (χ1v) is 6.68. The van der Waals surface area contributed by atoms with E-state index in [0.717, 1.165) is 22.0 Å². The summed E-state index contributed by atoms with van der Waals surface area (Å²) in [5, 5.41) is 7.58. The van der Waals surface area contributed by atoms with Gasteiger partial charge in [0.15, 0.2) is 5.82 Å². The van der Waals surface area contributed by atoms with Crippen molar-refractivity contribution < 1.29 is 4.39 Å². The maximum atomic E-state index is 13.4. The fourth-order valence-corrected chi connectivity index (χ4v) is 2.39. The Bertz CT molecular complexity index is 950. The Morgan fingerprint density at radius 1 is 1.05 bits per heavy atom. The van der Waals surface area contributed by atoms with Crippen LogP contribution in [0.5, 0.6) is 0 Å². The molecule has 1 aromatic carbocycles. The summed E-state index contributed by atoms with van der Waals surface area (Å²) < 4.78 is 13.4. The summed E-state index contributed by atoms with van der Waals surface area (Å²) >= 11 is 0. The maximum Gasteiger partial charge on any atom is 0.157 e. The highest BCUT2D eigenvalue weighted by Crippen LogP contribution is 2.26. The van der Waals surface area contributed by atoms with Gasteiger partial charge in [0, 0.05) is 22.7 Å². The Kier molecular flexibility index (Phi) is 2.86. The molecule has 0 radical (unpaired) electrons. The maximum absolute atomic E-state index is 13.4. The van der Waals surface area contributed by atoms with Gasteiger partial charge in [0.1, 0.15) is 12.1 Å². The van der Waals surface area contributed by atoms with E-state index in [4.69, 9.17) is 0 Å². The molecular weight excluding hydrogens is 281 g/mol. The molecule has 0 spiro atoms. The van der Waals surface area contributed by atoms with Crippen molar-refractivity contribution in [1.29, 1.82) is 0 Å². The third kappa shape index (κ3) is 2.10. The van der Waals surface area contributed by atoms with Crippen molar-refractivity contribution in [2.75, 3.05) is 0 Å². The minimum Gasteiger partial charge on any atom is -0.262 e. The molecule has 0 fully saturated rings. The highest BCUT2D eigenvalue weighted by molar-refractivity contribution is 5.92. The van der Waals surface area contributed by atoms with Gasteiger partial charge in [-0.05, 0) is 24.3 Å². The van der Waals surface area contributed by atoms with Crippen LogP contribution in [0.2, 0.25) is 0 Å². The van der Waals surface area contributed by atoms with Crippen molar-refractivity contribution >= 4 is 10.9 Å². The van der Waals surface area contributed by atoms with Crippen molar-refractivity contribution in [3.05, 3.63) is 60.9 Å². The normalized spacial score (nSPS) is 11.0. The summed E-state index contributed by atoms with van der Waals surface area (Å²) in [7, 11) is 0. The quantitative estimate of drug-likeness (QED) is 0.615. The number of fused-ring (bicyclic) bond motifs is 1. The molecule has 0 aliphatic heterocycles. The van der Waals surface area contributed by atoms with Crippen molar-refractivity contribution in [2.45, 2.75) is 0 Å². The Morgan fingerprint density at radius 3 is 2.82 bits per heavy atom. The molecule has 0 bridgehead atoms. The highest BCUT2D eigenvalue weighted by Gasteiger charge is 2.09. The van der Waals surface area contributed by atoms with Crippen LogP contribution in [0.4, 0.5) is 4.39 Å². The second-order valence-electron chi connectivity index (χ2n) is 4.79. The molecular formula is C16H10FN5. The van der Waals surface area contributed by atoms with Crippen molar-refractivity contribution in [1.82, 2.24) is 25.1 Å². The van der Waals surface area contributed by atoms with Gasteiger partial charge in [0.2, 0.25) is 0 Å². The summed E-state index contributed by atoms with van der Waals surface area (Å²) in [6.45, 7) is 0. The fraction of sp³-hybridized carbons (Fsp3) is 0. The Hall–Kier alpha value is -3.15. The van der Waals surface area contributed by atoms with Gasteiger partial charge in [-0.25, -0.2) is 14.4 Å². The van der Waals surface area contributed by atoms with Gasteiger partial charge in [-0.1, -0.05) is 12.1 Å². The lowest BCUT2D eigenvalue weighted by Crippen LogP contribution is -1.91. The molecule has 106 valence electrons. The lowest BCUT2D eigenvalue weighted by atomic mass is 10.1. The fourth-order valence-electron chi connectivity index (χ4n) is 2.39. The average Bonchev–Trinajstić information content (AvgIpc) is 3.08. The van der Waals surface area contributed by atoms with Crippen LogP contribution in [0.3, 0.4) is 0 Å².